The molecule has 35 heavy (non-hydrogen) atoms. The fraction of sp³-hybridized carbons (Fsp3) is 0.290. The highest BCUT2D eigenvalue weighted by atomic mass is 32.2. The van der Waals surface area contributed by atoms with Gasteiger partial charge in [0.1, 0.15) is 11.2 Å². The van der Waals surface area contributed by atoms with Crippen LogP contribution < -0.4 is 0 Å². The summed E-state index contributed by atoms with van der Waals surface area (Å²) >= 11 is 5.69. The van der Waals surface area contributed by atoms with Crippen molar-refractivity contribution in [2.75, 3.05) is 12.0 Å². The molecule has 0 bridgehead atoms. The first-order chi connectivity index (χ1) is 17.3. The zero-order valence-electron chi connectivity index (χ0n) is 20.4. The Balaban J connectivity index is 1.34. The summed E-state index contributed by atoms with van der Waals surface area (Å²) in [6, 6.07) is 22.6. The van der Waals surface area contributed by atoms with Gasteiger partial charge in [0.2, 0.25) is 0 Å². The SMILES string of the molecule is CCCCCCCCSc1ccc2sc3c(ccc4c3ccc3c5cc(SC)ccc5oc34)c2c1. The Kier molecular flexibility index (Phi) is 6.70. The van der Waals surface area contributed by atoms with Crippen molar-refractivity contribution in [1.29, 1.82) is 0 Å². The molecule has 0 aliphatic rings. The molecule has 0 atom stereocenters. The predicted octanol–water partition coefficient (Wildman–Crippen LogP) is 11.3. The van der Waals surface area contributed by atoms with Gasteiger partial charge in [0, 0.05) is 51.5 Å². The fourth-order valence-electron chi connectivity index (χ4n) is 5.12. The molecule has 2 heterocycles. The first kappa shape index (κ1) is 23.3. The summed E-state index contributed by atoms with van der Waals surface area (Å²) in [5, 5.41) is 7.66. The molecule has 6 aromatic rings. The standard InChI is InChI=1S/C31H30OS3/c1-3-4-5-6-7-8-17-34-21-10-16-29-27(19-21)25-14-11-22-24(31(25)35-29)13-12-23-26-18-20(33-2)9-15-28(26)32-30(22)23/h9-16,18-19H,3-8,17H2,1-2H3. The van der Waals surface area contributed by atoms with Crippen molar-refractivity contribution in [1.82, 2.24) is 0 Å². The largest absolute Gasteiger partial charge is 0.455 e. The monoisotopic (exact) mass is 514 g/mol. The third kappa shape index (κ3) is 4.34. The molecule has 0 saturated carbocycles. The lowest BCUT2D eigenvalue weighted by Crippen LogP contribution is -1.82. The van der Waals surface area contributed by atoms with Crippen LogP contribution >= 0.6 is 34.9 Å². The van der Waals surface area contributed by atoms with E-state index < -0.39 is 0 Å². The van der Waals surface area contributed by atoms with Crippen LogP contribution in [0.5, 0.6) is 0 Å². The van der Waals surface area contributed by atoms with Gasteiger partial charge in [-0.2, -0.15) is 0 Å². The topological polar surface area (TPSA) is 13.1 Å². The van der Waals surface area contributed by atoms with E-state index in [0.717, 1.165) is 11.2 Å². The lowest BCUT2D eigenvalue weighted by Gasteiger charge is -2.03. The maximum absolute atomic E-state index is 6.39. The normalized spacial score (nSPS) is 12.2. The van der Waals surface area contributed by atoms with Crippen molar-refractivity contribution in [2.45, 2.75) is 55.2 Å². The lowest BCUT2D eigenvalue weighted by atomic mass is 10.0. The number of hydrogen-bond donors (Lipinski definition) is 0. The van der Waals surface area contributed by atoms with Gasteiger partial charge in [-0.05, 0) is 67.0 Å². The van der Waals surface area contributed by atoms with E-state index in [9.17, 15) is 0 Å². The molecule has 2 aromatic heterocycles. The molecule has 0 unspecified atom stereocenters. The van der Waals surface area contributed by atoms with E-state index in [0.29, 0.717) is 0 Å². The van der Waals surface area contributed by atoms with Crippen LogP contribution in [0.1, 0.15) is 45.4 Å². The number of thioether (sulfide) groups is 2. The number of rotatable bonds is 9. The molecule has 0 N–H and O–H groups in total. The van der Waals surface area contributed by atoms with Gasteiger partial charge >= 0.3 is 0 Å². The molecular weight excluding hydrogens is 485 g/mol. The molecule has 6 rings (SSSR count). The summed E-state index contributed by atoms with van der Waals surface area (Å²) in [5.74, 6) is 1.21. The van der Waals surface area contributed by atoms with E-state index >= 15 is 0 Å². The van der Waals surface area contributed by atoms with Gasteiger partial charge < -0.3 is 4.42 Å². The Labute approximate surface area is 219 Å². The highest BCUT2D eigenvalue weighted by Crippen LogP contribution is 2.43. The summed E-state index contributed by atoms with van der Waals surface area (Å²) < 4.78 is 9.12. The molecule has 0 aliphatic carbocycles. The molecule has 0 amide bonds. The highest BCUT2D eigenvalue weighted by molar-refractivity contribution is 7.99. The average molecular weight is 515 g/mol. The number of thiophene rings is 1. The van der Waals surface area contributed by atoms with E-state index in [1.54, 1.807) is 11.8 Å². The predicted molar refractivity (Wildman–Crippen MR) is 160 cm³/mol. The van der Waals surface area contributed by atoms with E-state index in [4.69, 9.17) is 4.42 Å². The van der Waals surface area contributed by atoms with E-state index in [2.05, 4.69) is 73.8 Å². The van der Waals surface area contributed by atoms with Crippen molar-refractivity contribution >= 4 is 87.7 Å². The van der Waals surface area contributed by atoms with E-state index in [1.807, 2.05) is 23.1 Å². The Morgan fingerprint density at radius 3 is 2.20 bits per heavy atom. The maximum atomic E-state index is 6.39. The summed E-state index contributed by atoms with van der Waals surface area (Å²) in [6.45, 7) is 2.28. The molecule has 0 fully saturated rings. The van der Waals surface area contributed by atoms with Crippen LogP contribution in [0.25, 0.3) is 52.9 Å². The highest BCUT2D eigenvalue weighted by Gasteiger charge is 2.15. The van der Waals surface area contributed by atoms with Crippen molar-refractivity contribution < 1.29 is 4.42 Å². The van der Waals surface area contributed by atoms with Gasteiger partial charge in [-0.15, -0.1) is 34.9 Å². The Morgan fingerprint density at radius 1 is 0.686 bits per heavy atom. The van der Waals surface area contributed by atoms with Gasteiger partial charge in [-0.1, -0.05) is 51.2 Å². The van der Waals surface area contributed by atoms with Crippen LogP contribution in [0.4, 0.5) is 0 Å². The number of benzene rings is 4. The number of unbranched alkanes of at least 4 members (excludes halogenated alkanes) is 5. The van der Waals surface area contributed by atoms with Gasteiger partial charge in [-0.25, -0.2) is 0 Å². The molecule has 4 heteroatoms. The first-order valence-corrected chi connectivity index (χ1v) is 15.7. The van der Waals surface area contributed by atoms with E-state index in [-0.39, 0.29) is 0 Å². The first-order valence-electron chi connectivity index (χ1n) is 12.7. The lowest BCUT2D eigenvalue weighted by molar-refractivity contribution is 0.627. The smallest absolute Gasteiger partial charge is 0.143 e. The Hall–Kier alpha value is -2.14. The quantitative estimate of drug-likeness (QED) is 0.141. The molecule has 4 aromatic carbocycles. The van der Waals surface area contributed by atoms with Crippen LogP contribution in [-0.2, 0) is 0 Å². The minimum absolute atomic E-state index is 0.966. The van der Waals surface area contributed by atoms with Crippen LogP contribution in [-0.4, -0.2) is 12.0 Å². The van der Waals surface area contributed by atoms with Crippen molar-refractivity contribution in [3.8, 4) is 0 Å². The van der Waals surface area contributed by atoms with Gasteiger partial charge in [0.15, 0.2) is 0 Å². The van der Waals surface area contributed by atoms with Crippen molar-refractivity contribution in [3.63, 3.8) is 0 Å². The third-order valence-corrected chi connectivity index (χ3v) is 10.0. The number of fused-ring (bicyclic) bond motifs is 9. The number of furan rings is 1. The number of hydrogen-bond acceptors (Lipinski definition) is 4. The van der Waals surface area contributed by atoms with Crippen LogP contribution in [0.15, 0.2) is 74.9 Å². The minimum atomic E-state index is 0.966. The Bertz CT molecular complexity index is 1660. The van der Waals surface area contributed by atoms with Crippen molar-refractivity contribution in [2.24, 2.45) is 0 Å². The van der Waals surface area contributed by atoms with Crippen molar-refractivity contribution in [3.05, 3.63) is 60.7 Å². The Morgan fingerprint density at radius 2 is 1.37 bits per heavy atom. The zero-order valence-corrected chi connectivity index (χ0v) is 22.8. The molecule has 0 spiro atoms. The van der Waals surface area contributed by atoms with Crippen LogP contribution in [0.3, 0.4) is 0 Å². The fourth-order valence-corrected chi connectivity index (χ4v) is 7.72. The summed E-state index contributed by atoms with van der Waals surface area (Å²) in [7, 11) is 0. The second-order valence-corrected chi connectivity index (χ2v) is 12.4. The average Bonchev–Trinajstić information content (AvgIpc) is 3.45. The second kappa shape index (κ2) is 10.1. The molecule has 0 saturated heterocycles. The molecular formula is C31H30OS3. The van der Waals surface area contributed by atoms with Gasteiger partial charge in [-0.3, -0.25) is 0 Å². The van der Waals surface area contributed by atoms with Crippen LogP contribution in [0.2, 0.25) is 0 Å². The molecule has 0 aliphatic heterocycles. The molecule has 0 radical (unpaired) electrons. The second-order valence-electron chi connectivity index (χ2n) is 9.32. The zero-order chi connectivity index (χ0) is 23.8. The maximum Gasteiger partial charge on any atom is 0.143 e. The molecule has 178 valence electrons. The van der Waals surface area contributed by atoms with E-state index in [1.165, 1.54) is 95.8 Å². The minimum Gasteiger partial charge on any atom is -0.455 e. The summed E-state index contributed by atoms with van der Waals surface area (Å²) in [5.41, 5.74) is 1.97. The summed E-state index contributed by atoms with van der Waals surface area (Å²) in [4.78, 5) is 2.66. The summed E-state index contributed by atoms with van der Waals surface area (Å²) in [6.07, 6.45) is 10.3. The van der Waals surface area contributed by atoms with Gasteiger partial charge in [0.25, 0.3) is 0 Å². The third-order valence-electron chi connectivity index (χ3n) is 7.01. The van der Waals surface area contributed by atoms with Gasteiger partial charge in [0.05, 0.1) is 0 Å². The van der Waals surface area contributed by atoms with Crippen LogP contribution in [0, 0.1) is 0 Å². The molecule has 1 nitrogen and oxygen atoms in total.